The van der Waals surface area contributed by atoms with Crippen LogP contribution in [0, 0.1) is 10.1 Å². The molecule has 0 unspecified atom stereocenters. The van der Waals surface area contributed by atoms with E-state index in [-0.39, 0.29) is 9.92 Å². The van der Waals surface area contributed by atoms with E-state index in [1.54, 1.807) is 11.8 Å². The first-order valence-electron chi connectivity index (χ1n) is 5.56. The zero-order valence-corrected chi connectivity index (χ0v) is 13.2. The van der Waals surface area contributed by atoms with Crippen LogP contribution < -0.4 is 0 Å². The minimum atomic E-state index is -3.93. The van der Waals surface area contributed by atoms with Gasteiger partial charge < -0.3 is 0 Å². The Morgan fingerprint density at radius 3 is 2.40 bits per heavy atom. The van der Waals surface area contributed by atoms with Crippen molar-refractivity contribution in [1.82, 2.24) is 4.31 Å². The van der Waals surface area contributed by atoms with Gasteiger partial charge in [-0.2, -0.15) is 16.1 Å². The second kappa shape index (κ2) is 6.07. The molecule has 0 amide bonds. The van der Waals surface area contributed by atoms with E-state index in [1.807, 2.05) is 0 Å². The number of hydrogen-bond acceptors (Lipinski definition) is 5. The molecular formula is C10H10Cl2N2O4S2. The molecule has 1 aromatic rings. The summed E-state index contributed by atoms with van der Waals surface area (Å²) in [5, 5.41) is 10.3. The first-order valence-corrected chi connectivity index (χ1v) is 8.91. The van der Waals surface area contributed by atoms with Crippen LogP contribution in [0.4, 0.5) is 5.69 Å². The summed E-state index contributed by atoms with van der Waals surface area (Å²) in [5.41, 5.74) is -0.471. The van der Waals surface area contributed by atoms with Gasteiger partial charge >= 0.3 is 0 Å². The summed E-state index contributed by atoms with van der Waals surface area (Å²) in [4.78, 5) is 9.74. The van der Waals surface area contributed by atoms with Gasteiger partial charge in [-0.3, -0.25) is 10.1 Å². The molecule has 1 heterocycles. The van der Waals surface area contributed by atoms with E-state index in [0.717, 1.165) is 6.07 Å². The molecule has 0 atom stereocenters. The van der Waals surface area contributed by atoms with Crippen LogP contribution in [0.3, 0.4) is 0 Å². The third kappa shape index (κ3) is 2.89. The summed E-state index contributed by atoms with van der Waals surface area (Å²) < 4.78 is 26.3. The molecule has 10 heteroatoms. The van der Waals surface area contributed by atoms with E-state index in [4.69, 9.17) is 23.2 Å². The maximum Gasteiger partial charge on any atom is 0.289 e. The van der Waals surface area contributed by atoms with Crippen LogP contribution in [-0.4, -0.2) is 42.2 Å². The minimum absolute atomic E-state index is 0.112. The third-order valence-electron chi connectivity index (χ3n) is 2.79. The van der Waals surface area contributed by atoms with E-state index in [0.29, 0.717) is 24.6 Å². The van der Waals surface area contributed by atoms with E-state index < -0.39 is 25.7 Å². The maximum absolute atomic E-state index is 12.5. The summed E-state index contributed by atoms with van der Waals surface area (Å²) in [6, 6.07) is 2.27. The molecule has 1 aliphatic heterocycles. The number of halogens is 2. The van der Waals surface area contributed by atoms with Crippen LogP contribution in [0.25, 0.3) is 0 Å². The van der Waals surface area contributed by atoms with Crippen molar-refractivity contribution < 1.29 is 13.3 Å². The third-order valence-corrected chi connectivity index (χ3v) is 6.64. The van der Waals surface area contributed by atoms with Crippen LogP contribution in [0.2, 0.25) is 10.0 Å². The second-order valence-corrected chi connectivity index (χ2v) is 7.87. The number of thioether (sulfide) groups is 1. The molecule has 0 saturated carbocycles. The monoisotopic (exact) mass is 356 g/mol. The standard InChI is InChI=1S/C10H10Cl2N2O4S2/c11-7-1-2-8(14(15)16)9(12)10(7)20(17,18)13-3-5-19-6-4-13/h1-2H,3-6H2. The van der Waals surface area contributed by atoms with E-state index in [1.165, 1.54) is 10.4 Å². The van der Waals surface area contributed by atoms with E-state index >= 15 is 0 Å². The zero-order valence-electron chi connectivity index (χ0n) is 10.1. The Balaban J connectivity index is 2.56. The molecule has 0 aliphatic carbocycles. The maximum atomic E-state index is 12.5. The fraction of sp³-hybridized carbons (Fsp3) is 0.400. The van der Waals surface area contributed by atoms with Crippen molar-refractivity contribution in [2.75, 3.05) is 24.6 Å². The molecule has 0 N–H and O–H groups in total. The van der Waals surface area contributed by atoms with Crippen LogP contribution in [0.1, 0.15) is 0 Å². The Bertz CT molecular complexity index is 645. The Hall–Kier alpha value is -0.540. The molecule has 1 aromatic carbocycles. The predicted octanol–water partition coefficient (Wildman–Crippen LogP) is 2.64. The summed E-state index contributed by atoms with van der Waals surface area (Å²) in [5.74, 6) is 1.34. The lowest BCUT2D eigenvalue weighted by atomic mass is 10.3. The number of nitrogens with zero attached hydrogens (tertiary/aromatic N) is 2. The number of sulfonamides is 1. The fourth-order valence-electron chi connectivity index (χ4n) is 1.82. The summed E-state index contributed by atoms with van der Waals surface area (Å²) >= 11 is 13.4. The lowest BCUT2D eigenvalue weighted by molar-refractivity contribution is -0.384. The molecular weight excluding hydrogens is 347 g/mol. The smallest absolute Gasteiger partial charge is 0.258 e. The molecule has 0 radical (unpaired) electrons. The topological polar surface area (TPSA) is 80.5 Å². The Morgan fingerprint density at radius 2 is 1.85 bits per heavy atom. The highest BCUT2D eigenvalue weighted by atomic mass is 35.5. The van der Waals surface area contributed by atoms with Crippen molar-refractivity contribution in [1.29, 1.82) is 0 Å². The van der Waals surface area contributed by atoms with Crippen molar-refractivity contribution in [3.63, 3.8) is 0 Å². The van der Waals surface area contributed by atoms with Crippen molar-refractivity contribution in [2.45, 2.75) is 4.90 Å². The summed E-state index contributed by atoms with van der Waals surface area (Å²) in [7, 11) is -3.93. The highest BCUT2D eigenvalue weighted by Gasteiger charge is 2.33. The van der Waals surface area contributed by atoms with Crippen LogP contribution in [0.5, 0.6) is 0 Å². The van der Waals surface area contributed by atoms with Crippen molar-refractivity contribution >= 4 is 50.7 Å². The van der Waals surface area contributed by atoms with Crippen molar-refractivity contribution in [3.05, 3.63) is 32.3 Å². The molecule has 2 rings (SSSR count). The van der Waals surface area contributed by atoms with E-state index in [9.17, 15) is 18.5 Å². The van der Waals surface area contributed by atoms with Gasteiger partial charge in [-0.1, -0.05) is 23.2 Å². The Labute approximate surface area is 130 Å². The quantitative estimate of drug-likeness (QED) is 0.614. The number of hydrogen-bond donors (Lipinski definition) is 0. The summed E-state index contributed by atoms with van der Waals surface area (Å²) in [6.07, 6.45) is 0. The molecule has 110 valence electrons. The van der Waals surface area contributed by atoms with Crippen molar-refractivity contribution in [3.8, 4) is 0 Å². The fourth-order valence-corrected chi connectivity index (χ4v) is 5.54. The SMILES string of the molecule is O=[N+]([O-])c1ccc(Cl)c(S(=O)(=O)N2CCSCC2)c1Cl. The average molecular weight is 357 g/mol. The van der Waals surface area contributed by atoms with Gasteiger partial charge in [0.2, 0.25) is 10.0 Å². The van der Waals surface area contributed by atoms with Gasteiger partial charge in [0.15, 0.2) is 0 Å². The predicted molar refractivity (Wildman–Crippen MR) is 79.2 cm³/mol. The van der Waals surface area contributed by atoms with Crippen LogP contribution >= 0.6 is 35.0 Å². The first-order chi connectivity index (χ1) is 9.35. The molecule has 1 aliphatic rings. The number of rotatable bonds is 3. The molecule has 1 fully saturated rings. The van der Waals surface area contributed by atoms with E-state index in [2.05, 4.69) is 0 Å². The number of nitro benzene ring substituents is 1. The molecule has 1 saturated heterocycles. The second-order valence-electron chi connectivity index (χ2n) is 3.98. The molecule has 20 heavy (non-hydrogen) atoms. The van der Waals surface area contributed by atoms with Gasteiger partial charge in [0.1, 0.15) is 9.92 Å². The van der Waals surface area contributed by atoms with Crippen molar-refractivity contribution in [2.24, 2.45) is 0 Å². The largest absolute Gasteiger partial charge is 0.289 e. The van der Waals surface area contributed by atoms with Gasteiger partial charge in [0.25, 0.3) is 5.69 Å². The molecule has 0 spiro atoms. The Morgan fingerprint density at radius 1 is 1.25 bits per heavy atom. The number of nitro groups is 1. The Kier molecular flexibility index (Phi) is 4.80. The average Bonchev–Trinajstić information content (AvgIpc) is 2.39. The molecule has 0 bridgehead atoms. The highest BCUT2D eigenvalue weighted by Crippen LogP contribution is 2.38. The van der Waals surface area contributed by atoms with Gasteiger partial charge in [-0.25, -0.2) is 8.42 Å². The lowest BCUT2D eigenvalue weighted by Gasteiger charge is -2.26. The van der Waals surface area contributed by atoms with Crippen LogP contribution in [0.15, 0.2) is 17.0 Å². The van der Waals surface area contributed by atoms with Gasteiger partial charge in [-0.15, -0.1) is 0 Å². The molecule has 0 aromatic heterocycles. The zero-order chi connectivity index (χ0) is 14.9. The van der Waals surface area contributed by atoms with Gasteiger partial charge in [-0.05, 0) is 6.07 Å². The molecule has 6 nitrogen and oxygen atoms in total. The number of benzene rings is 1. The van der Waals surface area contributed by atoms with Gasteiger partial charge in [0, 0.05) is 30.7 Å². The van der Waals surface area contributed by atoms with Gasteiger partial charge in [0.05, 0.1) is 9.95 Å². The first kappa shape index (κ1) is 15.8. The minimum Gasteiger partial charge on any atom is -0.258 e. The van der Waals surface area contributed by atoms with Crippen LogP contribution in [-0.2, 0) is 10.0 Å². The normalized spacial score (nSPS) is 17.1. The highest BCUT2D eigenvalue weighted by molar-refractivity contribution is 7.99. The summed E-state index contributed by atoms with van der Waals surface area (Å²) in [6.45, 7) is 0.671. The lowest BCUT2D eigenvalue weighted by Crippen LogP contribution is -2.38.